The fourth-order valence-corrected chi connectivity index (χ4v) is 1.50. The Morgan fingerprint density at radius 2 is 2.28 bits per heavy atom. The van der Waals surface area contributed by atoms with Crippen molar-refractivity contribution in [1.29, 1.82) is 0 Å². The topological polar surface area (TPSA) is 96.7 Å². The maximum absolute atomic E-state index is 13.2. The quantitative estimate of drug-likeness (QED) is 0.640. The van der Waals surface area contributed by atoms with E-state index >= 15 is 0 Å². The molecule has 94 valence electrons. The number of nitrogens with zero attached hydrogens (tertiary/aromatic N) is 3. The lowest BCUT2D eigenvalue weighted by Crippen LogP contribution is -2.09. The molecule has 1 atom stereocenters. The summed E-state index contributed by atoms with van der Waals surface area (Å²) in [7, 11) is 0. The van der Waals surface area contributed by atoms with Crippen LogP contribution in [0.15, 0.2) is 24.5 Å². The van der Waals surface area contributed by atoms with Crippen LogP contribution >= 0.6 is 0 Å². The summed E-state index contributed by atoms with van der Waals surface area (Å²) in [5.41, 5.74) is 0.00729. The van der Waals surface area contributed by atoms with Crippen molar-refractivity contribution in [1.82, 2.24) is 15.2 Å². The van der Waals surface area contributed by atoms with E-state index in [0.717, 1.165) is 6.07 Å². The minimum absolute atomic E-state index is 0.270. The third-order valence-electron chi connectivity index (χ3n) is 2.32. The number of rotatable bonds is 4. The summed E-state index contributed by atoms with van der Waals surface area (Å²) in [5.74, 6) is -0.113. The molecule has 2 rings (SSSR count). The smallest absolute Gasteiger partial charge is 0.274 e. The third-order valence-corrected chi connectivity index (χ3v) is 2.32. The lowest BCUT2D eigenvalue weighted by Gasteiger charge is -2.12. The SMILES string of the molecule is CC(Nc1cc(F)cc([N+](=O)[O-])c1)c1ncn[nH]1. The highest BCUT2D eigenvalue weighted by molar-refractivity contribution is 5.52. The van der Waals surface area contributed by atoms with E-state index in [1.54, 1.807) is 6.92 Å². The second-order valence-electron chi connectivity index (χ2n) is 3.69. The van der Waals surface area contributed by atoms with Crippen LogP contribution in [0.4, 0.5) is 15.8 Å². The van der Waals surface area contributed by atoms with E-state index in [9.17, 15) is 14.5 Å². The molecule has 1 heterocycles. The van der Waals surface area contributed by atoms with Crippen molar-refractivity contribution in [2.45, 2.75) is 13.0 Å². The minimum Gasteiger partial charge on any atom is -0.375 e. The van der Waals surface area contributed by atoms with Gasteiger partial charge in [-0.3, -0.25) is 15.2 Å². The number of aromatic nitrogens is 3. The monoisotopic (exact) mass is 251 g/mol. The zero-order valence-electron chi connectivity index (χ0n) is 9.42. The second kappa shape index (κ2) is 4.78. The van der Waals surface area contributed by atoms with Gasteiger partial charge in [0, 0.05) is 11.8 Å². The first-order valence-corrected chi connectivity index (χ1v) is 5.13. The Labute approximate surface area is 101 Å². The molecule has 2 N–H and O–H groups in total. The number of non-ortho nitro benzene ring substituents is 1. The fourth-order valence-electron chi connectivity index (χ4n) is 1.50. The molecule has 8 heteroatoms. The lowest BCUT2D eigenvalue weighted by atomic mass is 10.2. The fraction of sp³-hybridized carbons (Fsp3) is 0.200. The Morgan fingerprint density at radius 1 is 1.50 bits per heavy atom. The van der Waals surface area contributed by atoms with Crippen molar-refractivity contribution in [2.75, 3.05) is 5.32 Å². The van der Waals surface area contributed by atoms with Crippen molar-refractivity contribution in [2.24, 2.45) is 0 Å². The Morgan fingerprint density at radius 3 is 2.89 bits per heavy atom. The predicted octanol–water partition coefficient (Wildman–Crippen LogP) is 2.03. The van der Waals surface area contributed by atoms with E-state index in [-0.39, 0.29) is 11.7 Å². The maximum atomic E-state index is 13.2. The van der Waals surface area contributed by atoms with Gasteiger partial charge < -0.3 is 5.32 Å². The zero-order chi connectivity index (χ0) is 13.1. The van der Waals surface area contributed by atoms with Gasteiger partial charge in [0.15, 0.2) is 0 Å². The van der Waals surface area contributed by atoms with Gasteiger partial charge in [0.2, 0.25) is 0 Å². The minimum atomic E-state index is -0.670. The Balaban J connectivity index is 2.21. The molecule has 0 saturated carbocycles. The van der Waals surface area contributed by atoms with Crippen LogP contribution in [0.3, 0.4) is 0 Å². The van der Waals surface area contributed by atoms with Crippen LogP contribution in [0, 0.1) is 15.9 Å². The molecule has 0 bridgehead atoms. The Kier molecular flexibility index (Phi) is 3.18. The van der Waals surface area contributed by atoms with E-state index in [1.807, 2.05) is 0 Å². The third kappa shape index (κ3) is 2.59. The largest absolute Gasteiger partial charge is 0.375 e. The highest BCUT2D eigenvalue weighted by Crippen LogP contribution is 2.23. The van der Waals surface area contributed by atoms with Crippen LogP contribution < -0.4 is 5.32 Å². The summed E-state index contributed by atoms with van der Waals surface area (Å²) in [6, 6.07) is 3.04. The van der Waals surface area contributed by atoms with Crippen LogP contribution in [0.2, 0.25) is 0 Å². The molecule has 0 aliphatic carbocycles. The van der Waals surface area contributed by atoms with E-state index in [2.05, 4.69) is 20.5 Å². The number of nitrogens with one attached hydrogen (secondary N) is 2. The van der Waals surface area contributed by atoms with Gasteiger partial charge in [0.05, 0.1) is 17.0 Å². The van der Waals surface area contributed by atoms with Gasteiger partial charge in [-0.05, 0) is 13.0 Å². The summed E-state index contributed by atoms with van der Waals surface area (Å²) < 4.78 is 13.2. The van der Waals surface area contributed by atoms with E-state index < -0.39 is 10.7 Å². The molecule has 0 radical (unpaired) electrons. The molecule has 0 spiro atoms. The molecule has 0 fully saturated rings. The van der Waals surface area contributed by atoms with Crippen LogP contribution in [-0.4, -0.2) is 20.1 Å². The average Bonchev–Trinajstić information content (AvgIpc) is 2.81. The standard InChI is InChI=1S/C10H10FN5O2/c1-6(10-12-5-13-15-10)14-8-2-7(11)3-9(4-8)16(17)18/h2-6,14H,1H3,(H,12,13,15). The van der Waals surface area contributed by atoms with Gasteiger partial charge in [-0.2, -0.15) is 5.10 Å². The van der Waals surface area contributed by atoms with Crippen molar-refractivity contribution in [3.8, 4) is 0 Å². The second-order valence-corrected chi connectivity index (χ2v) is 3.69. The zero-order valence-corrected chi connectivity index (χ0v) is 9.42. The van der Waals surface area contributed by atoms with Crippen molar-refractivity contribution < 1.29 is 9.31 Å². The lowest BCUT2D eigenvalue weighted by molar-refractivity contribution is -0.385. The number of hydrogen-bond acceptors (Lipinski definition) is 5. The summed E-state index contributed by atoms with van der Waals surface area (Å²) in [4.78, 5) is 13.9. The van der Waals surface area contributed by atoms with E-state index in [4.69, 9.17) is 0 Å². The van der Waals surface area contributed by atoms with Crippen LogP contribution in [-0.2, 0) is 0 Å². The van der Waals surface area contributed by atoms with Gasteiger partial charge in [-0.25, -0.2) is 9.37 Å². The molecule has 1 unspecified atom stereocenters. The Hall–Kier alpha value is -2.51. The summed E-state index contributed by atoms with van der Waals surface area (Å²) in [6.45, 7) is 1.78. The first-order valence-electron chi connectivity index (χ1n) is 5.13. The van der Waals surface area contributed by atoms with Crippen LogP contribution in [0.1, 0.15) is 18.8 Å². The highest BCUT2D eigenvalue weighted by Gasteiger charge is 2.13. The number of aromatic amines is 1. The molecule has 7 nitrogen and oxygen atoms in total. The molecule has 0 aliphatic heterocycles. The predicted molar refractivity (Wildman–Crippen MR) is 61.5 cm³/mol. The van der Waals surface area contributed by atoms with Gasteiger partial charge in [0.25, 0.3) is 5.69 Å². The molecule has 1 aromatic heterocycles. The summed E-state index contributed by atoms with van der Waals surface area (Å²) >= 11 is 0. The number of nitro benzene ring substituents is 1. The number of H-pyrrole nitrogens is 1. The van der Waals surface area contributed by atoms with Gasteiger partial charge in [0.1, 0.15) is 18.0 Å². The van der Waals surface area contributed by atoms with Crippen LogP contribution in [0.25, 0.3) is 0 Å². The average molecular weight is 251 g/mol. The molecule has 0 amide bonds. The summed E-state index contributed by atoms with van der Waals surface area (Å²) in [6.07, 6.45) is 1.35. The number of halogens is 1. The molecule has 18 heavy (non-hydrogen) atoms. The first-order chi connectivity index (χ1) is 8.56. The number of benzene rings is 1. The highest BCUT2D eigenvalue weighted by atomic mass is 19.1. The Bertz CT molecular complexity index is 557. The van der Waals surface area contributed by atoms with Crippen LogP contribution in [0.5, 0.6) is 0 Å². The van der Waals surface area contributed by atoms with Gasteiger partial charge >= 0.3 is 0 Å². The van der Waals surface area contributed by atoms with Crippen molar-refractivity contribution >= 4 is 11.4 Å². The number of hydrogen-bond donors (Lipinski definition) is 2. The molecule has 2 aromatic rings. The number of nitro groups is 1. The molecule has 0 saturated heterocycles. The molecular weight excluding hydrogens is 241 g/mol. The molecular formula is C10H10FN5O2. The molecule has 0 aliphatic rings. The first kappa shape index (κ1) is 12.0. The van der Waals surface area contributed by atoms with Gasteiger partial charge in [-0.15, -0.1) is 0 Å². The van der Waals surface area contributed by atoms with Gasteiger partial charge in [-0.1, -0.05) is 0 Å². The number of anilines is 1. The normalized spacial score (nSPS) is 12.1. The maximum Gasteiger partial charge on any atom is 0.274 e. The summed E-state index contributed by atoms with van der Waals surface area (Å²) in [5, 5.41) is 19.9. The van der Waals surface area contributed by atoms with E-state index in [1.165, 1.54) is 18.5 Å². The van der Waals surface area contributed by atoms with Crippen molar-refractivity contribution in [3.05, 3.63) is 46.3 Å². The molecule has 1 aromatic carbocycles. The van der Waals surface area contributed by atoms with E-state index in [0.29, 0.717) is 11.5 Å². The van der Waals surface area contributed by atoms with Crippen molar-refractivity contribution in [3.63, 3.8) is 0 Å².